The number of halogens is 1. The Bertz CT molecular complexity index is 1040. The van der Waals surface area contributed by atoms with Gasteiger partial charge in [-0.2, -0.15) is 5.11 Å². The second-order valence-electron chi connectivity index (χ2n) is 8.37. The van der Waals surface area contributed by atoms with E-state index in [-0.39, 0.29) is 16.8 Å². The van der Waals surface area contributed by atoms with Gasteiger partial charge in [-0.15, -0.1) is 5.11 Å². The summed E-state index contributed by atoms with van der Waals surface area (Å²) in [5.41, 5.74) is 2.04. The first-order chi connectivity index (χ1) is 16.1. The molecule has 0 bridgehead atoms. The number of nitrogens with zero attached hydrogens (tertiary/aromatic N) is 5. The van der Waals surface area contributed by atoms with E-state index < -0.39 is 12.7 Å². The second kappa shape index (κ2) is 13.6. The number of hydrogen-bond acceptors (Lipinski definition) is 8. The molecule has 1 unspecified atom stereocenters. The molecule has 0 radical (unpaired) electrons. The number of hydrogen-bond donors (Lipinski definition) is 3. The van der Waals surface area contributed by atoms with Crippen LogP contribution in [-0.2, 0) is 4.57 Å². The van der Waals surface area contributed by atoms with E-state index in [0.29, 0.717) is 17.9 Å². The van der Waals surface area contributed by atoms with Crippen LogP contribution < -0.4 is 9.79 Å². The lowest BCUT2D eigenvalue weighted by Gasteiger charge is -2.34. The Morgan fingerprint density at radius 1 is 1.17 bits per heavy atom. The van der Waals surface area contributed by atoms with Gasteiger partial charge in [-0.3, -0.25) is 14.7 Å². The normalized spacial score (nSPS) is 12.7. The van der Waals surface area contributed by atoms with Crippen molar-refractivity contribution in [2.45, 2.75) is 20.0 Å². The molecule has 0 aliphatic carbocycles. The molecule has 2 aromatic rings. The number of benzene rings is 2. The lowest BCUT2D eigenvalue weighted by molar-refractivity contribution is -0.891. The van der Waals surface area contributed by atoms with E-state index in [9.17, 15) is 15.2 Å². The smallest absolute Gasteiger partial charge is 0.271 e. The number of aliphatic hydroxyl groups excluding tert-OH is 1. The molecular weight excluding hydrogens is 501 g/mol. The molecule has 0 spiro atoms. The maximum atomic E-state index is 10.8. The van der Waals surface area contributed by atoms with Crippen LogP contribution in [0.2, 0.25) is 5.02 Å². The zero-order chi connectivity index (χ0) is 26.8. The maximum Gasteiger partial charge on any atom is 0.271 e. The van der Waals surface area contributed by atoms with Gasteiger partial charge >= 0.3 is 0 Å². The van der Waals surface area contributed by atoms with E-state index in [2.05, 4.69) is 36.1 Å². The molecule has 1 atom stereocenters. The fourth-order valence-electron chi connectivity index (χ4n) is 3.20. The van der Waals surface area contributed by atoms with Crippen LogP contribution in [-0.4, -0.2) is 70.7 Å². The molecule has 3 N–H and O–H groups in total. The van der Waals surface area contributed by atoms with Crippen molar-refractivity contribution in [3.63, 3.8) is 0 Å². The van der Waals surface area contributed by atoms with E-state index in [4.69, 9.17) is 30.8 Å². The largest absolute Gasteiger partial charge is 0.756 e. The number of nitro groups is 1. The van der Waals surface area contributed by atoms with Crippen LogP contribution in [0, 0.1) is 10.1 Å². The first-order valence-corrected chi connectivity index (χ1v) is 12.5. The lowest BCUT2D eigenvalue weighted by atomic mass is 10.2. The number of non-ortho nitro benzene ring substituents is 1. The van der Waals surface area contributed by atoms with Gasteiger partial charge in [0.1, 0.15) is 18.3 Å². The van der Waals surface area contributed by atoms with Gasteiger partial charge in [0.05, 0.1) is 42.8 Å². The standard InChI is InChI=1S/C21H29ClN5O3.H3O4P/c1-5-25(12-13-27(3,4)15-16(2)28)18-8-6-17(7-9-18)23-24-21-11-10-19(26(29)30)14-20(21)22;1-5(2,3)4/h6-11,14,16,28H,5,12-13,15H2,1-4H3;(H3,1,2,3,4)/q+1;/p-1. The number of nitro benzene ring substituents is 1. The number of aliphatic hydroxyl groups is 1. The molecule has 0 saturated carbocycles. The van der Waals surface area contributed by atoms with Crippen molar-refractivity contribution in [3.8, 4) is 0 Å². The van der Waals surface area contributed by atoms with Crippen LogP contribution in [0.15, 0.2) is 52.7 Å². The number of azo groups is 1. The Labute approximate surface area is 209 Å². The maximum absolute atomic E-state index is 10.8. The molecule has 14 heteroatoms. The quantitative estimate of drug-likeness (QED) is 0.137. The average Bonchev–Trinajstić information content (AvgIpc) is 2.72. The molecule has 0 aliphatic rings. The Morgan fingerprint density at radius 2 is 1.74 bits per heavy atom. The van der Waals surface area contributed by atoms with Gasteiger partial charge in [0.2, 0.25) is 0 Å². The van der Waals surface area contributed by atoms with E-state index in [1.165, 1.54) is 18.2 Å². The van der Waals surface area contributed by atoms with Crippen molar-refractivity contribution in [1.82, 2.24) is 0 Å². The Morgan fingerprint density at radius 3 is 2.20 bits per heavy atom. The van der Waals surface area contributed by atoms with Crippen LogP contribution in [0.4, 0.5) is 22.7 Å². The Kier molecular flexibility index (Phi) is 11.9. The summed E-state index contributed by atoms with van der Waals surface area (Å²) in [5, 5.41) is 28.9. The topological polar surface area (TPSA) is 172 Å². The van der Waals surface area contributed by atoms with Gasteiger partial charge in [0.25, 0.3) is 13.5 Å². The number of likely N-dealkylation sites (N-methyl/N-ethyl adjacent to an activating group) is 2. The van der Waals surface area contributed by atoms with Crippen LogP contribution in [0.3, 0.4) is 0 Å². The fraction of sp³-hybridized carbons (Fsp3) is 0.429. The molecule has 0 aliphatic heterocycles. The average molecular weight is 532 g/mol. The van der Waals surface area contributed by atoms with Gasteiger partial charge in [-0.1, -0.05) is 11.6 Å². The van der Waals surface area contributed by atoms with Crippen molar-refractivity contribution in [1.29, 1.82) is 0 Å². The highest BCUT2D eigenvalue weighted by atomic mass is 35.5. The molecule has 194 valence electrons. The van der Waals surface area contributed by atoms with Crippen LogP contribution in [0.1, 0.15) is 13.8 Å². The monoisotopic (exact) mass is 531 g/mol. The highest BCUT2D eigenvalue weighted by molar-refractivity contribution is 7.43. The van der Waals surface area contributed by atoms with Crippen molar-refractivity contribution in [3.05, 3.63) is 57.6 Å². The predicted octanol–water partition coefficient (Wildman–Crippen LogP) is 3.39. The third-order valence-corrected chi connectivity index (χ3v) is 5.05. The molecule has 35 heavy (non-hydrogen) atoms. The fourth-order valence-corrected chi connectivity index (χ4v) is 3.41. The van der Waals surface area contributed by atoms with Gasteiger partial charge in [0.15, 0.2) is 0 Å². The summed E-state index contributed by atoms with van der Waals surface area (Å²) in [6, 6.07) is 11.8. The first kappa shape index (κ1) is 30.6. The predicted molar refractivity (Wildman–Crippen MR) is 132 cm³/mol. The summed E-state index contributed by atoms with van der Waals surface area (Å²) in [6.45, 7) is 7.29. The summed E-state index contributed by atoms with van der Waals surface area (Å²) in [4.78, 5) is 35.5. The van der Waals surface area contributed by atoms with Crippen molar-refractivity contribution in [2.24, 2.45) is 10.2 Å². The van der Waals surface area contributed by atoms with Crippen LogP contribution >= 0.6 is 19.4 Å². The molecule has 0 fully saturated rings. The molecule has 2 aromatic carbocycles. The van der Waals surface area contributed by atoms with Crippen molar-refractivity contribution in [2.75, 3.05) is 45.2 Å². The molecule has 0 aromatic heterocycles. The summed E-state index contributed by atoms with van der Waals surface area (Å²) < 4.78 is 9.52. The molecule has 0 amide bonds. The first-order valence-electron chi connectivity index (χ1n) is 10.6. The lowest BCUT2D eigenvalue weighted by Crippen LogP contribution is -2.49. The number of quaternary nitrogens is 1. The van der Waals surface area contributed by atoms with Crippen molar-refractivity contribution < 1.29 is 33.8 Å². The minimum absolute atomic E-state index is 0.0850. The van der Waals surface area contributed by atoms with E-state index in [1.54, 1.807) is 0 Å². The Hall–Kier alpha value is -2.44. The second-order valence-corrected chi connectivity index (χ2v) is 9.76. The van der Waals surface area contributed by atoms with Gasteiger partial charge in [-0.05, 0) is 44.2 Å². The van der Waals surface area contributed by atoms with Crippen LogP contribution in [0.25, 0.3) is 0 Å². The molecule has 0 heterocycles. The highest BCUT2D eigenvalue weighted by Crippen LogP contribution is 2.30. The Balaban J connectivity index is 0.00000111. The highest BCUT2D eigenvalue weighted by Gasteiger charge is 2.19. The van der Waals surface area contributed by atoms with Gasteiger partial charge < -0.3 is 29.2 Å². The molecular formula is C21H31ClN5O7P. The zero-order valence-electron chi connectivity index (χ0n) is 20.0. The van der Waals surface area contributed by atoms with E-state index in [1.807, 2.05) is 31.2 Å². The van der Waals surface area contributed by atoms with E-state index >= 15 is 0 Å². The third-order valence-electron chi connectivity index (χ3n) is 4.75. The third kappa shape index (κ3) is 12.7. The number of anilines is 1. The van der Waals surface area contributed by atoms with Gasteiger partial charge in [-0.25, -0.2) is 0 Å². The summed E-state index contributed by atoms with van der Waals surface area (Å²) in [6.07, 6.45) is -0.330. The number of phosphoric acid groups is 1. The molecule has 0 saturated heterocycles. The van der Waals surface area contributed by atoms with Gasteiger partial charge in [0, 0.05) is 24.4 Å². The number of rotatable bonds is 10. The zero-order valence-corrected chi connectivity index (χ0v) is 21.6. The minimum atomic E-state index is -4.89. The summed E-state index contributed by atoms with van der Waals surface area (Å²) >= 11 is 6.05. The van der Waals surface area contributed by atoms with Crippen LogP contribution in [0.5, 0.6) is 0 Å². The summed E-state index contributed by atoms with van der Waals surface area (Å²) in [5.74, 6) is 0. The molecule has 2 rings (SSSR count). The van der Waals surface area contributed by atoms with E-state index in [0.717, 1.165) is 29.8 Å². The SMILES string of the molecule is CCN(CC[N+](C)(C)CC(C)O)c1ccc(N=Nc2ccc([N+](=O)[O-])cc2Cl)cc1.O=P([O-])(O)O. The van der Waals surface area contributed by atoms with Crippen molar-refractivity contribution >= 4 is 42.2 Å². The molecule has 12 nitrogen and oxygen atoms in total. The summed E-state index contributed by atoms with van der Waals surface area (Å²) in [7, 11) is -0.652. The minimum Gasteiger partial charge on any atom is -0.756 e.